The van der Waals surface area contributed by atoms with Gasteiger partial charge in [-0.1, -0.05) is 11.8 Å². The Balaban J connectivity index is 2.79. The fraction of sp³-hybridized carbons (Fsp3) is 0.273. The fourth-order valence-electron chi connectivity index (χ4n) is 0.977. The number of hydrogen-bond acceptors (Lipinski definition) is 1. The van der Waals surface area contributed by atoms with E-state index in [1.54, 1.807) is 7.05 Å². The minimum absolute atomic E-state index is 0.515. The molecule has 15 heavy (non-hydrogen) atoms. The number of alkyl halides is 3. The Labute approximate surface area is 86.3 Å². The van der Waals surface area contributed by atoms with E-state index in [0.29, 0.717) is 12.1 Å². The summed E-state index contributed by atoms with van der Waals surface area (Å²) in [7, 11) is 1.75. The summed E-state index contributed by atoms with van der Waals surface area (Å²) in [6, 6.07) is 4.80. The van der Waals surface area contributed by atoms with Crippen molar-refractivity contribution in [1.82, 2.24) is 5.32 Å². The number of benzene rings is 1. The molecule has 0 radical (unpaired) electrons. The summed E-state index contributed by atoms with van der Waals surface area (Å²) in [5.41, 5.74) is -0.0695. The highest BCUT2D eigenvalue weighted by Gasteiger charge is 2.29. The molecule has 0 unspecified atom stereocenters. The summed E-state index contributed by atoms with van der Waals surface area (Å²) >= 11 is 0. The van der Waals surface area contributed by atoms with Crippen LogP contribution in [0.2, 0.25) is 0 Å². The van der Waals surface area contributed by atoms with Crippen LogP contribution in [0.15, 0.2) is 24.3 Å². The van der Waals surface area contributed by atoms with E-state index in [-0.39, 0.29) is 0 Å². The van der Waals surface area contributed by atoms with Crippen LogP contribution in [0.3, 0.4) is 0 Å². The zero-order valence-corrected chi connectivity index (χ0v) is 8.15. The molecular weight excluding hydrogens is 203 g/mol. The predicted octanol–water partition coefficient (Wildman–Crippen LogP) is 2.28. The Morgan fingerprint density at radius 1 is 1.20 bits per heavy atom. The molecule has 0 aliphatic heterocycles. The Hall–Kier alpha value is -1.47. The lowest BCUT2D eigenvalue weighted by Gasteiger charge is -2.05. The third-order valence-corrected chi connectivity index (χ3v) is 1.71. The Morgan fingerprint density at radius 2 is 1.80 bits per heavy atom. The van der Waals surface area contributed by atoms with Crippen molar-refractivity contribution in [3.05, 3.63) is 35.4 Å². The minimum atomic E-state index is -4.28. The SMILES string of the molecule is CNCC#Cc1ccc(C(F)(F)F)cc1. The summed E-state index contributed by atoms with van der Waals surface area (Å²) in [5, 5.41) is 2.82. The third kappa shape index (κ3) is 3.64. The van der Waals surface area contributed by atoms with Crippen LogP contribution in [0.1, 0.15) is 11.1 Å². The standard InChI is InChI=1S/C11H10F3N/c1-15-8-2-3-9-4-6-10(7-5-9)11(12,13)14/h4-7,15H,8H2,1H3. The van der Waals surface area contributed by atoms with Crippen LogP contribution < -0.4 is 5.32 Å². The number of hydrogen-bond donors (Lipinski definition) is 1. The van der Waals surface area contributed by atoms with Crippen molar-refractivity contribution >= 4 is 0 Å². The molecule has 0 heterocycles. The second-order valence-electron chi connectivity index (χ2n) is 2.91. The molecule has 0 amide bonds. The van der Waals surface area contributed by atoms with Crippen LogP contribution in [0.4, 0.5) is 13.2 Å². The highest BCUT2D eigenvalue weighted by Crippen LogP contribution is 2.28. The van der Waals surface area contributed by atoms with Crippen LogP contribution in [0.25, 0.3) is 0 Å². The van der Waals surface area contributed by atoms with Gasteiger partial charge in [-0.25, -0.2) is 0 Å². The van der Waals surface area contributed by atoms with Crippen molar-refractivity contribution < 1.29 is 13.2 Å². The Morgan fingerprint density at radius 3 is 2.27 bits per heavy atom. The molecule has 0 aliphatic rings. The normalized spacial score (nSPS) is 10.7. The van der Waals surface area contributed by atoms with Crippen molar-refractivity contribution in [3.63, 3.8) is 0 Å². The van der Waals surface area contributed by atoms with E-state index in [1.807, 2.05) is 0 Å². The lowest BCUT2D eigenvalue weighted by Crippen LogP contribution is -2.05. The first-order valence-corrected chi connectivity index (χ1v) is 4.35. The third-order valence-electron chi connectivity index (χ3n) is 1.71. The average Bonchev–Trinajstić information content (AvgIpc) is 2.18. The number of rotatable bonds is 1. The molecule has 0 aliphatic carbocycles. The lowest BCUT2D eigenvalue weighted by molar-refractivity contribution is -0.137. The predicted molar refractivity (Wildman–Crippen MR) is 52.2 cm³/mol. The van der Waals surface area contributed by atoms with Gasteiger partial charge in [0, 0.05) is 5.56 Å². The molecule has 0 aromatic heterocycles. The van der Waals surface area contributed by atoms with Crippen molar-refractivity contribution in [2.45, 2.75) is 6.18 Å². The van der Waals surface area contributed by atoms with Crippen molar-refractivity contribution in [2.75, 3.05) is 13.6 Å². The number of halogens is 3. The van der Waals surface area contributed by atoms with Crippen molar-refractivity contribution in [2.24, 2.45) is 0 Å². The summed E-state index contributed by atoms with van der Waals surface area (Å²) in [6.45, 7) is 0.515. The highest BCUT2D eigenvalue weighted by atomic mass is 19.4. The number of nitrogens with one attached hydrogen (secondary N) is 1. The first kappa shape index (κ1) is 11.6. The van der Waals surface area contributed by atoms with Crippen LogP contribution in [-0.4, -0.2) is 13.6 Å². The maximum atomic E-state index is 12.2. The highest BCUT2D eigenvalue weighted by molar-refractivity contribution is 5.37. The molecule has 0 fully saturated rings. The van der Waals surface area contributed by atoms with Gasteiger partial charge in [0.05, 0.1) is 12.1 Å². The van der Waals surface area contributed by atoms with E-state index in [0.717, 1.165) is 12.1 Å². The van der Waals surface area contributed by atoms with E-state index < -0.39 is 11.7 Å². The molecule has 1 nitrogen and oxygen atoms in total. The average molecular weight is 213 g/mol. The maximum Gasteiger partial charge on any atom is 0.416 e. The monoisotopic (exact) mass is 213 g/mol. The van der Waals surface area contributed by atoms with Gasteiger partial charge in [-0.15, -0.1) is 0 Å². The van der Waals surface area contributed by atoms with Crippen LogP contribution in [0.5, 0.6) is 0 Å². The molecule has 0 saturated carbocycles. The first-order valence-electron chi connectivity index (χ1n) is 4.35. The van der Waals surface area contributed by atoms with Gasteiger partial charge >= 0.3 is 6.18 Å². The van der Waals surface area contributed by atoms with E-state index >= 15 is 0 Å². The van der Waals surface area contributed by atoms with Gasteiger partial charge in [0.2, 0.25) is 0 Å². The summed E-state index contributed by atoms with van der Waals surface area (Å²) in [5.74, 6) is 5.51. The molecule has 0 bridgehead atoms. The molecule has 1 N–H and O–H groups in total. The largest absolute Gasteiger partial charge is 0.416 e. The van der Waals surface area contributed by atoms with E-state index in [9.17, 15) is 13.2 Å². The Kier molecular flexibility index (Phi) is 3.75. The zero-order valence-electron chi connectivity index (χ0n) is 8.15. The van der Waals surface area contributed by atoms with E-state index in [4.69, 9.17) is 0 Å². The Bertz CT molecular complexity index is 368. The van der Waals surface area contributed by atoms with Crippen molar-refractivity contribution in [1.29, 1.82) is 0 Å². The fourth-order valence-corrected chi connectivity index (χ4v) is 0.977. The molecule has 1 rings (SSSR count). The molecule has 1 aromatic carbocycles. The first-order chi connectivity index (χ1) is 7.04. The van der Waals surface area contributed by atoms with Gasteiger partial charge in [-0.3, -0.25) is 0 Å². The van der Waals surface area contributed by atoms with Gasteiger partial charge in [-0.2, -0.15) is 13.2 Å². The second kappa shape index (κ2) is 4.85. The molecule has 80 valence electrons. The van der Waals surface area contributed by atoms with Crippen molar-refractivity contribution in [3.8, 4) is 11.8 Å². The molecule has 1 aromatic rings. The van der Waals surface area contributed by atoms with Gasteiger partial charge in [0.25, 0.3) is 0 Å². The maximum absolute atomic E-state index is 12.2. The topological polar surface area (TPSA) is 12.0 Å². The lowest BCUT2D eigenvalue weighted by atomic mass is 10.1. The summed E-state index contributed by atoms with van der Waals surface area (Å²) < 4.78 is 36.5. The molecular formula is C11H10F3N. The molecule has 0 spiro atoms. The molecule has 0 saturated heterocycles. The van der Waals surface area contributed by atoms with E-state index in [1.165, 1.54) is 12.1 Å². The zero-order chi connectivity index (χ0) is 11.3. The van der Waals surface area contributed by atoms with Gasteiger partial charge in [-0.05, 0) is 31.3 Å². The molecule has 0 atom stereocenters. The minimum Gasteiger partial charge on any atom is -0.309 e. The quantitative estimate of drug-likeness (QED) is 0.706. The van der Waals surface area contributed by atoms with Gasteiger partial charge in [0.15, 0.2) is 0 Å². The smallest absolute Gasteiger partial charge is 0.309 e. The van der Waals surface area contributed by atoms with Crippen LogP contribution >= 0.6 is 0 Å². The summed E-state index contributed by atoms with van der Waals surface area (Å²) in [4.78, 5) is 0. The van der Waals surface area contributed by atoms with Crippen LogP contribution in [-0.2, 0) is 6.18 Å². The van der Waals surface area contributed by atoms with Gasteiger partial charge < -0.3 is 5.32 Å². The van der Waals surface area contributed by atoms with Gasteiger partial charge in [0.1, 0.15) is 0 Å². The van der Waals surface area contributed by atoms with Crippen LogP contribution in [0, 0.1) is 11.8 Å². The van der Waals surface area contributed by atoms with E-state index in [2.05, 4.69) is 17.2 Å². The summed E-state index contributed by atoms with van der Waals surface area (Å²) in [6.07, 6.45) is -4.28. The molecule has 4 heteroatoms. The second-order valence-corrected chi connectivity index (χ2v) is 2.91.